The molecular weight excluding hydrogens is 316 g/mol. The van der Waals surface area contributed by atoms with Crippen LogP contribution < -0.4 is 9.03 Å². The standard InChI is InChI=1S/C16H20N2O4S/c19-14-8-11-3-6-16(4-1-2-5-16)9-12(11)7-13(14)18-10-15(20)17-23(18,21)22/h7-8,10,17,19-20H,1-6,9H2. The molecule has 0 saturated heterocycles. The average molecular weight is 336 g/mol. The molecule has 0 atom stereocenters. The van der Waals surface area contributed by atoms with E-state index < -0.39 is 16.1 Å². The number of aryl methyl sites for hydroxylation is 1. The van der Waals surface area contributed by atoms with Crippen molar-refractivity contribution < 1.29 is 18.6 Å². The first-order valence-electron chi connectivity index (χ1n) is 7.96. The maximum absolute atomic E-state index is 12.0. The van der Waals surface area contributed by atoms with Crippen LogP contribution in [0.4, 0.5) is 5.69 Å². The molecule has 0 unspecified atom stereocenters. The number of fused-ring (bicyclic) bond motifs is 1. The number of aliphatic hydroxyl groups is 1. The fourth-order valence-corrected chi connectivity index (χ4v) is 5.33. The second kappa shape index (κ2) is 4.80. The van der Waals surface area contributed by atoms with E-state index in [0.717, 1.165) is 40.9 Å². The molecule has 124 valence electrons. The van der Waals surface area contributed by atoms with Crippen molar-refractivity contribution in [2.45, 2.75) is 44.9 Å². The molecule has 1 fully saturated rings. The zero-order valence-corrected chi connectivity index (χ0v) is 13.6. The molecule has 1 heterocycles. The van der Waals surface area contributed by atoms with Crippen molar-refractivity contribution >= 4 is 15.9 Å². The van der Waals surface area contributed by atoms with Gasteiger partial charge in [0, 0.05) is 0 Å². The van der Waals surface area contributed by atoms with E-state index >= 15 is 0 Å². The summed E-state index contributed by atoms with van der Waals surface area (Å²) in [5, 5.41) is 19.7. The summed E-state index contributed by atoms with van der Waals surface area (Å²) >= 11 is 0. The summed E-state index contributed by atoms with van der Waals surface area (Å²) in [7, 11) is -3.89. The minimum Gasteiger partial charge on any atom is -0.506 e. The number of phenolic OH excluding ortho intramolecular Hbond substituents is 1. The molecule has 7 heteroatoms. The summed E-state index contributed by atoms with van der Waals surface area (Å²) in [6.07, 6.45) is 9.07. The third kappa shape index (κ3) is 2.34. The zero-order valence-electron chi connectivity index (χ0n) is 12.7. The topological polar surface area (TPSA) is 89.9 Å². The summed E-state index contributed by atoms with van der Waals surface area (Å²) in [5.74, 6) is -0.531. The molecule has 0 bridgehead atoms. The van der Waals surface area contributed by atoms with E-state index in [4.69, 9.17) is 0 Å². The minimum absolute atomic E-state index is 0.0811. The zero-order chi connectivity index (χ0) is 16.2. The molecule has 2 aliphatic carbocycles. The SMILES string of the molecule is O=S1(=O)NC(O)=CN1c1cc2c(cc1O)CCC1(CCCC1)C2. The predicted octanol–water partition coefficient (Wildman–Crippen LogP) is 2.45. The van der Waals surface area contributed by atoms with Crippen LogP contribution in [0.2, 0.25) is 0 Å². The van der Waals surface area contributed by atoms with Gasteiger partial charge in [0.2, 0.25) is 5.88 Å². The van der Waals surface area contributed by atoms with Crippen LogP contribution in [0.5, 0.6) is 5.75 Å². The number of rotatable bonds is 1. The molecule has 1 saturated carbocycles. The van der Waals surface area contributed by atoms with E-state index in [1.807, 2.05) is 4.72 Å². The molecule has 23 heavy (non-hydrogen) atoms. The molecule has 3 aliphatic rings. The lowest BCUT2D eigenvalue weighted by molar-refractivity contribution is 0.254. The summed E-state index contributed by atoms with van der Waals surface area (Å²) in [4.78, 5) is 0. The predicted molar refractivity (Wildman–Crippen MR) is 86.3 cm³/mol. The third-order valence-corrected chi connectivity index (χ3v) is 6.71. The second-order valence-electron chi connectivity index (χ2n) is 6.91. The van der Waals surface area contributed by atoms with Crippen molar-refractivity contribution in [3.63, 3.8) is 0 Å². The van der Waals surface area contributed by atoms with Crippen molar-refractivity contribution in [3.8, 4) is 5.75 Å². The number of aromatic hydroxyl groups is 1. The van der Waals surface area contributed by atoms with Crippen LogP contribution in [-0.2, 0) is 23.1 Å². The van der Waals surface area contributed by atoms with Gasteiger partial charge in [-0.2, -0.15) is 8.42 Å². The maximum Gasteiger partial charge on any atom is 0.330 e. The van der Waals surface area contributed by atoms with E-state index in [1.165, 1.54) is 25.7 Å². The molecule has 1 aromatic rings. The molecule has 4 rings (SSSR count). The Morgan fingerprint density at radius 1 is 1.09 bits per heavy atom. The highest BCUT2D eigenvalue weighted by atomic mass is 32.2. The average Bonchev–Trinajstić information content (AvgIpc) is 3.03. The lowest BCUT2D eigenvalue weighted by Gasteiger charge is -2.35. The highest BCUT2D eigenvalue weighted by Crippen LogP contribution is 2.49. The fraction of sp³-hybridized carbons (Fsp3) is 0.500. The van der Waals surface area contributed by atoms with Crippen LogP contribution in [-0.4, -0.2) is 18.6 Å². The number of aliphatic hydroxyl groups excluding tert-OH is 1. The smallest absolute Gasteiger partial charge is 0.330 e. The van der Waals surface area contributed by atoms with Crippen LogP contribution >= 0.6 is 0 Å². The van der Waals surface area contributed by atoms with Gasteiger partial charge in [-0.05, 0) is 60.8 Å². The number of hydrogen-bond donors (Lipinski definition) is 3. The van der Waals surface area contributed by atoms with Crippen LogP contribution in [0.25, 0.3) is 0 Å². The number of phenols is 1. The molecule has 3 N–H and O–H groups in total. The second-order valence-corrected chi connectivity index (χ2v) is 8.46. The molecular formula is C16H20N2O4S. The molecule has 1 spiro atoms. The lowest BCUT2D eigenvalue weighted by Crippen LogP contribution is -2.30. The molecule has 0 amide bonds. The first-order chi connectivity index (χ1) is 10.9. The minimum atomic E-state index is -3.89. The van der Waals surface area contributed by atoms with Gasteiger partial charge in [0.15, 0.2) is 0 Å². The number of hydrogen-bond acceptors (Lipinski definition) is 4. The molecule has 0 aromatic heterocycles. The largest absolute Gasteiger partial charge is 0.506 e. The van der Waals surface area contributed by atoms with Gasteiger partial charge in [0.25, 0.3) is 0 Å². The van der Waals surface area contributed by atoms with Gasteiger partial charge in [-0.1, -0.05) is 12.8 Å². The van der Waals surface area contributed by atoms with E-state index in [0.29, 0.717) is 5.41 Å². The molecule has 1 aromatic carbocycles. The quantitative estimate of drug-likeness (QED) is 0.735. The number of nitrogens with one attached hydrogen (secondary N) is 1. The third-order valence-electron chi connectivity index (χ3n) is 5.42. The molecule has 0 radical (unpaired) electrons. The van der Waals surface area contributed by atoms with Gasteiger partial charge in [-0.3, -0.25) is 0 Å². The van der Waals surface area contributed by atoms with E-state index in [2.05, 4.69) is 0 Å². The van der Waals surface area contributed by atoms with Crippen molar-refractivity contribution in [2.24, 2.45) is 5.41 Å². The highest BCUT2D eigenvalue weighted by molar-refractivity contribution is 7.91. The van der Waals surface area contributed by atoms with Crippen LogP contribution in [0, 0.1) is 5.41 Å². The van der Waals surface area contributed by atoms with E-state index in [9.17, 15) is 18.6 Å². The summed E-state index contributed by atoms with van der Waals surface area (Å²) in [6.45, 7) is 0. The van der Waals surface area contributed by atoms with Crippen molar-refractivity contribution in [3.05, 3.63) is 35.3 Å². The van der Waals surface area contributed by atoms with Gasteiger partial charge in [0.1, 0.15) is 11.4 Å². The van der Waals surface area contributed by atoms with Gasteiger partial charge >= 0.3 is 10.2 Å². The number of anilines is 1. The van der Waals surface area contributed by atoms with Crippen LogP contribution in [0.1, 0.15) is 43.2 Å². The van der Waals surface area contributed by atoms with Gasteiger partial charge in [0.05, 0.1) is 6.20 Å². The van der Waals surface area contributed by atoms with E-state index in [-0.39, 0.29) is 11.4 Å². The Hall–Kier alpha value is -1.89. The summed E-state index contributed by atoms with van der Waals surface area (Å²) in [6, 6.07) is 3.43. The Balaban J connectivity index is 1.76. The Morgan fingerprint density at radius 3 is 2.48 bits per heavy atom. The van der Waals surface area contributed by atoms with Gasteiger partial charge in [-0.25, -0.2) is 9.03 Å². The maximum atomic E-state index is 12.0. The van der Waals surface area contributed by atoms with E-state index in [1.54, 1.807) is 12.1 Å². The van der Waals surface area contributed by atoms with Crippen molar-refractivity contribution in [2.75, 3.05) is 4.31 Å². The Bertz CT molecular complexity index is 795. The van der Waals surface area contributed by atoms with Crippen molar-refractivity contribution in [1.29, 1.82) is 0 Å². The fourth-order valence-electron chi connectivity index (χ4n) is 4.27. The first kappa shape index (κ1) is 14.7. The highest BCUT2D eigenvalue weighted by Gasteiger charge is 2.38. The summed E-state index contributed by atoms with van der Waals surface area (Å²) in [5.41, 5.74) is 2.75. The lowest BCUT2D eigenvalue weighted by atomic mass is 9.70. The van der Waals surface area contributed by atoms with Crippen LogP contribution in [0.15, 0.2) is 24.2 Å². The summed E-state index contributed by atoms with van der Waals surface area (Å²) < 4.78 is 27.0. The Morgan fingerprint density at radius 2 is 1.83 bits per heavy atom. The van der Waals surface area contributed by atoms with Crippen LogP contribution in [0.3, 0.4) is 0 Å². The first-order valence-corrected chi connectivity index (χ1v) is 9.40. The Labute approximate surface area is 135 Å². The number of benzene rings is 1. The normalized spacial score (nSPS) is 24.3. The monoisotopic (exact) mass is 336 g/mol. The van der Waals surface area contributed by atoms with Gasteiger partial charge < -0.3 is 10.2 Å². The number of nitrogens with zero attached hydrogens (tertiary/aromatic N) is 1. The van der Waals surface area contributed by atoms with Crippen molar-refractivity contribution in [1.82, 2.24) is 4.72 Å². The molecule has 6 nitrogen and oxygen atoms in total. The van der Waals surface area contributed by atoms with Gasteiger partial charge in [-0.15, -0.1) is 0 Å². The Kier molecular flexibility index (Phi) is 3.07. The molecule has 1 aliphatic heterocycles.